The third-order valence-corrected chi connectivity index (χ3v) is 13.4. The van der Waals surface area contributed by atoms with E-state index in [2.05, 4.69) is 20.3 Å². The number of para-hydroxylation sites is 2. The molecule has 3 atom stereocenters. The summed E-state index contributed by atoms with van der Waals surface area (Å²) < 4.78 is 18.6. The lowest BCUT2D eigenvalue weighted by molar-refractivity contribution is -0.118. The van der Waals surface area contributed by atoms with Crippen LogP contribution in [0.4, 0.5) is 0 Å². The van der Waals surface area contributed by atoms with Gasteiger partial charge < -0.3 is 40.9 Å². The molecular formula is C44H37N9O9S4. The number of hydrogen-bond acceptors (Lipinski definition) is 18. The van der Waals surface area contributed by atoms with Crippen LogP contribution in [-0.4, -0.2) is 70.2 Å². The van der Waals surface area contributed by atoms with Crippen molar-refractivity contribution in [1.82, 2.24) is 35.2 Å². The molecule has 0 saturated carbocycles. The molecule has 0 aliphatic rings. The molecule has 7 N–H and O–H groups in total. The van der Waals surface area contributed by atoms with Crippen LogP contribution < -0.4 is 26.3 Å². The van der Waals surface area contributed by atoms with E-state index in [-0.39, 0.29) is 51.8 Å². The summed E-state index contributed by atoms with van der Waals surface area (Å²) in [5, 5.41) is 29.7. The maximum Gasteiger partial charge on any atom is 0.355 e. The van der Waals surface area contributed by atoms with Gasteiger partial charge in [0.25, 0.3) is 5.91 Å². The molecule has 2 aromatic carbocycles. The van der Waals surface area contributed by atoms with Crippen LogP contribution in [0, 0.1) is 12.8 Å². The lowest BCUT2D eigenvalue weighted by Gasteiger charge is -2.25. The van der Waals surface area contributed by atoms with Gasteiger partial charge in [0, 0.05) is 27.9 Å². The third kappa shape index (κ3) is 10.5. The maximum atomic E-state index is 13.7. The van der Waals surface area contributed by atoms with E-state index in [1.54, 1.807) is 17.5 Å². The van der Waals surface area contributed by atoms with Gasteiger partial charge in [0.2, 0.25) is 18.1 Å². The third-order valence-electron chi connectivity index (χ3n) is 9.80. The second kappa shape index (κ2) is 19.9. The van der Waals surface area contributed by atoms with Crippen LogP contribution in [0.2, 0.25) is 0 Å². The van der Waals surface area contributed by atoms with Crippen molar-refractivity contribution in [2.75, 3.05) is 0 Å². The summed E-state index contributed by atoms with van der Waals surface area (Å²) in [5.74, 6) is -2.62. The topological polar surface area (TPSA) is 282 Å². The number of carboxylic acids is 2. The Balaban J connectivity index is 1.06. The lowest BCUT2D eigenvalue weighted by Crippen LogP contribution is -2.32. The minimum absolute atomic E-state index is 0.00201. The Bertz CT molecular complexity index is 2980. The Morgan fingerprint density at radius 3 is 1.95 bits per heavy atom. The van der Waals surface area contributed by atoms with E-state index in [1.165, 1.54) is 40.4 Å². The smallest absolute Gasteiger partial charge is 0.355 e. The molecular weight excluding hydrogens is 927 g/mol. The molecule has 2 amide bonds. The van der Waals surface area contributed by atoms with E-state index >= 15 is 0 Å². The molecule has 0 saturated heterocycles. The Morgan fingerprint density at radius 2 is 1.32 bits per heavy atom. The highest BCUT2D eigenvalue weighted by molar-refractivity contribution is 7.14. The van der Waals surface area contributed by atoms with Gasteiger partial charge in [-0.25, -0.2) is 39.5 Å². The molecule has 22 heteroatoms. The summed E-state index contributed by atoms with van der Waals surface area (Å²) >= 11 is 4.76. The van der Waals surface area contributed by atoms with Crippen LogP contribution in [0.1, 0.15) is 79.1 Å². The molecule has 0 spiro atoms. The summed E-state index contributed by atoms with van der Waals surface area (Å²) in [6.45, 7) is 3.55. The molecule has 8 aromatic rings. The lowest BCUT2D eigenvalue weighted by atomic mass is 9.99. The number of pyridine rings is 1. The Hall–Kier alpha value is -7.24. The van der Waals surface area contributed by atoms with Crippen LogP contribution in [0.3, 0.4) is 0 Å². The molecule has 8 rings (SSSR count). The van der Waals surface area contributed by atoms with Crippen molar-refractivity contribution < 1.29 is 43.3 Å². The van der Waals surface area contributed by atoms with Crippen molar-refractivity contribution in [2.45, 2.75) is 45.1 Å². The number of aryl methyl sites for hydroxylation is 1. The Kier molecular flexibility index (Phi) is 13.7. The monoisotopic (exact) mass is 963 g/mol. The SMILES string of the molecule is Cc1oc(-c2ccc(-c3nc(C(=O)O)cs3)nc2-c2csc(-c3csc(C(N)C(C)CC(Oc4ccccc4)Oc4ccccc4)n3)n2)nc1C(=O)NC(CC(N)=O)c1nc(C(=O)O)cs1. The summed E-state index contributed by atoms with van der Waals surface area (Å²) in [6.07, 6.45) is -0.539. The van der Waals surface area contributed by atoms with Gasteiger partial charge in [-0.2, -0.15) is 0 Å². The number of aromatic nitrogens is 6. The van der Waals surface area contributed by atoms with Crippen LogP contribution in [0.25, 0.3) is 44.2 Å². The van der Waals surface area contributed by atoms with E-state index in [4.69, 9.17) is 40.3 Å². The number of hydrogen-bond donors (Lipinski definition) is 5. The molecule has 0 aliphatic carbocycles. The predicted molar refractivity (Wildman–Crippen MR) is 246 cm³/mol. The number of aromatic carboxylic acids is 2. The van der Waals surface area contributed by atoms with Crippen molar-refractivity contribution in [1.29, 1.82) is 0 Å². The van der Waals surface area contributed by atoms with Crippen molar-refractivity contribution in [3.8, 4) is 55.7 Å². The average Bonchev–Trinajstić information content (AvgIpc) is 4.16. The minimum atomic E-state index is -1.27. The number of carbonyl (C=O) groups is 4. The zero-order valence-corrected chi connectivity index (χ0v) is 38.0. The first kappa shape index (κ1) is 45.3. The highest BCUT2D eigenvalue weighted by atomic mass is 32.1. The summed E-state index contributed by atoms with van der Waals surface area (Å²) in [4.78, 5) is 76.3. The van der Waals surface area contributed by atoms with Gasteiger partial charge in [-0.15, -0.1) is 45.3 Å². The largest absolute Gasteiger partial charge is 0.476 e. The standard InChI is InChI=1S/C44H37N9O9S4/c1-21(15-33(61-23-9-5-3-6-10-23)62-24-11-7-4-8-12-24)34(46)42-50-29(18-66-42)41-49-28(17-63-41)36-25(13-14-26(47-36)39-51-30(19-64-39)43(56)57)38-53-35(22(2)60-38)37(55)48-27(16-32(45)54)40-52-31(20-65-40)44(58)59/h3-14,17-21,27,33-34H,15-16,46H2,1-2H3,(H2,45,54)(H,48,55)(H,56,57)(H,58,59). The quantitative estimate of drug-likeness (QED) is 0.0478. The number of rotatable bonds is 19. The second-order valence-electron chi connectivity index (χ2n) is 14.6. The number of primary amides is 1. The number of thiazole rings is 4. The highest BCUT2D eigenvalue weighted by Crippen LogP contribution is 2.38. The normalized spacial score (nSPS) is 12.7. The maximum absolute atomic E-state index is 13.7. The number of carbonyl (C=O) groups excluding carboxylic acids is 2. The second-order valence-corrected chi connectivity index (χ2v) is 18.1. The van der Waals surface area contributed by atoms with Gasteiger partial charge in [0.1, 0.15) is 54.4 Å². The van der Waals surface area contributed by atoms with Gasteiger partial charge >= 0.3 is 11.9 Å². The molecule has 6 aromatic heterocycles. The number of ether oxygens (including phenoxy) is 2. The zero-order chi connectivity index (χ0) is 46.5. The molecule has 3 unspecified atom stereocenters. The van der Waals surface area contributed by atoms with E-state index < -0.39 is 42.1 Å². The van der Waals surface area contributed by atoms with Crippen molar-refractivity contribution in [3.05, 3.63) is 127 Å². The summed E-state index contributed by atoms with van der Waals surface area (Å²) in [7, 11) is 0. The van der Waals surface area contributed by atoms with Gasteiger partial charge in [-0.1, -0.05) is 43.3 Å². The van der Waals surface area contributed by atoms with E-state index in [0.717, 1.165) is 22.7 Å². The average molecular weight is 964 g/mol. The van der Waals surface area contributed by atoms with Crippen molar-refractivity contribution >= 4 is 69.1 Å². The molecule has 0 radical (unpaired) electrons. The Morgan fingerprint density at radius 1 is 0.712 bits per heavy atom. The molecule has 0 fully saturated rings. The number of oxazole rings is 1. The van der Waals surface area contributed by atoms with E-state index in [9.17, 15) is 29.4 Å². The van der Waals surface area contributed by atoms with Crippen molar-refractivity contribution in [2.24, 2.45) is 17.4 Å². The first-order valence-corrected chi connectivity index (χ1v) is 23.4. The molecule has 66 heavy (non-hydrogen) atoms. The predicted octanol–water partition coefficient (Wildman–Crippen LogP) is 8.13. The number of amides is 2. The molecule has 6 heterocycles. The van der Waals surface area contributed by atoms with Crippen LogP contribution in [0.5, 0.6) is 11.5 Å². The van der Waals surface area contributed by atoms with Crippen LogP contribution in [0.15, 0.2) is 98.7 Å². The minimum Gasteiger partial charge on any atom is -0.476 e. The number of carboxylic acid groups (broad SMARTS) is 2. The number of nitrogens with two attached hydrogens (primary N) is 2. The first-order valence-electron chi connectivity index (χ1n) is 19.9. The van der Waals surface area contributed by atoms with Gasteiger partial charge in [-0.05, 0) is 49.2 Å². The Labute approximate surface area is 391 Å². The summed E-state index contributed by atoms with van der Waals surface area (Å²) in [5.41, 5.74) is 13.7. The molecule has 0 aliphatic heterocycles. The van der Waals surface area contributed by atoms with Crippen LogP contribution in [-0.2, 0) is 4.79 Å². The fraction of sp³-hybridized carbons (Fsp3) is 0.182. The van der Waals surface area contributed by atoms with Gasteiger partial charge in [0.15, 0.2) is 17.1 Å². The molecule has 0 bridgehead atoms. The summed E-state index contributed by atoms with van der Waals surface area (Å²) in [6, 6.07) is 20.6. The first-order chi connectivity index (χ1) is 31.8. The highest BCUT2D eigenvalue weighted by Gasteiger charge is 2.29. The molecule has 18 nitrogen and oxygen atoms in total. The van der Waals surface area contributed by atoms with Gasteiger partial charge in [-0.3, -0.25) is 9.59 Å². The number of nitrogens with zero attached hydrogens (tertiary/aromatic N) is 6. The van der Waals surface area contributed by atoms with E-state index in [1.807, 2.05) is 73.0 Å². The van der Waals surface area contributed by atoms with Crippen molar-refractivity contribution in [3.63, 3.8) is 0 Å². The van der Waals surface area contributed by atoms with Gasteiger partial charge in [0.05, 0.1) is 29.8 Å². The van der Waals surface area contributed by atoms with E-state index in [0.29, 0.717) is 55.6 Å². The fourth-order valence-electron chi connectivity index (χ4n) is 6.49. The number of benzene rings is 2. The molecule has 336 valence electrons. The zero-order valence-electron chi connectivity index (χ0n) is 34.7. The fourth-order valence-corrected chi connectivity index (χ4v) is 9.87. The van der Waals surface area contributed by atoms with Crippen LogP contribution >= 0.6 is 45.3 Å². The number of nitrogens with one attached hydrogen (secondary N) is 1.